The van der Waals surface area contributed by atoms with Crippen LogP contribution in [0.2, 0.25) is 0 Å². The monoisotopic (exact) mass is 307 g/mol. The average molecular weight is 307 g/mol. The summed E-state index contributed by atoms with van der Waals surface area (Å²) in [5, 5.41) is 10.6. The van der Waals surface area contributed by atoms with Crippen LogP contribution in [0.5, 0.6) is 5.75 Å². The van der Waals surface area contributed by atoms with Crippen molar-refractivity contribution in [1.82, 2.24) is 0 Å². The number of ether oxygens (including phenoxy) is 1. The molecule has 0 heterocycles. The van der Waals surface area contributed by atoms with Crippen LogP contribution in [0.25, 0.3) is 0 Å². The van der Waals surface area contributed by atoms with Gasteiger partial charge in [0.05, 0.1) is 22.7 Å². The normalized spacial score (nSPS) is 11.1. The smallest absolute Gasteiger partial charge is 0.269 e. The lowest BCUT2D eigenvalue weighted by atomic mass is 10.2. The Kier molecular flexibility index (Phi) is 4.23. The fourth-order valence-corrected chi connectivity index (χ4v) is 3.25. The molecule has 0 radical (unpaired) electrons. The molecule has 7 heteroatoms. The fourth-order valence-electron chi connectivity index (χ4n) is 1.89. The van der Waals surface area contributed by atoms with Crippen LogP contribution < -0.4 is 4.74 Å². The van der Waals surface area contributed by atoms with Gasteiger partial charge in [0, 0.05) is 17.7 Å². The third-order valence-corrected chi connectivity index (χ3v) is 4.63. The lowest BCUT2D eigenvalue weighted by Crippen LogP contribution is -2.06. The standard InChI is InChI=1S/C14H13NO5S/c1-20-14-5-3-2-4-11(14)10-21(18,19)13-8-6-12(7-9-13)15(16)17/h2-9H,10H2,1H3. The number of hydrogen-bond donors (Lipinski definition) is 0. The van der Waals surface area contributed by atoms with E-state index in [9.17, 15) is 18.5 Å². The molecule has 0 bridgehead atoms. The summed E-state index contributed by atoms with van der Waals surface area (Å²) >= 11 is 0. The molecule has 0 unspecified atom stereocenters. The summed E-state index contributed by atoms with van der Waals surface area (Å²) in [6.07, 6.45) is 0. The van der Waals surface area contributed by atoms with Crippen LogP contribution >= 0.6 is 0 Å². The number of hydrogen-bond acceptors (Lipinski definition) is 5. The first-order chi connectivity index (χ1) is 9.94. The molecular weight excluding hydrogens is 294 g/mol. The van der Waals surface area contributed by atoms with Gasteiger partial charge in [0.2, 0.25) is 0 Å². The minimum Gasteiger partial charge on any atom is -0.496 e. The lowest BCUT2D eigenvalue weighted by molar-refractivity contribution is -0.384. The molecule has 0 fully saturated rings. The number of nitro groups is 1. The highest BCUT2D eigenvalue weighted by Crippen LogP contribution is 2.24. The summed E-state index contributed by atoms with van der Waals surface area (Å²) < 4.78 is 29.8. The Balaban J connectivity index is 2.32. The first-order valence-corrected chi connectivity index (χ1v) is 7.68. The van der Waals surface area contributed by atoms with Gasteiger partial charge >= 0.3 is 0 Å². The molecule has 2 aromatic carbocycles. The van der Waals surface area contributed by atoms with Crippen LogP contribution in [-0.2, 0) is 15.6 Å². The third kappa shape index (κ3) is 3.38. The number of para-hydroxylation sites is 1. The number of sulfone groups is 1. The second-order valence-corrected chi connectivity index (χ2v) is 6.31. The Morgan fingerprint density at radius 3 is 2.29 bits per heavy atom. The SMILES string of the molecule is COc1ccccc1CS(=O)(=O)c1ccc([N+](=O)[O-])cc1. The first-order valence-electron chi connectivity index (χ1n) is 6.03. The van der Waals surface area contributed by atoms with Crippen LogP contribution in [0.4, 0.5) is 5.69 Å². The van der Waals surface area contributed by atoms with Crippen molar-refractivity contribution in [2.24, 2.45) is 0 Å². The zero-order chi connectivity index (χ0) is 15.5. The number of rotatable bonds is 5. The molecule has 21 heavy (non-hydrogen) atoms. The average Bonchev–Trinajstić information content (AvgIpc) is 2.47. The highest BCUT2D eigenvalue weighted by molar-refractivity contribution is 7.90. The number of non-ortho nitro benzene ring substituents is 1. The van der Waals surface area contributed by atoms with Gasteiger partial charge in [-0.2, -0.15) is 0 Å². The second kappa shape index (κ2) is 5.92. The van der Waals surface area contributed by atoms with Gasteiger partial charge in [0.1, 0.15) is 5.75 Å². The molecule has 6 nitrogen and oxygen atoms in total. The topological polar surface area (TPSA) is 86.5 Å². The Morgan fingerprint density at radius 1 is 1.10 bits per heavy atom. The number of methoxy groups -OCH3 is 1. The molecule has 0 N–H and O–H groups in total. The van der Waals surface area contributed by atoms with Crippen molar-refractivity contribution < 1.29 is 18.1 Å². The van der Waals surface area contributed by atoms with Crippen molar-refractivity contribution >= 4 is 15.5 Å². The molecule has 2 aromatic rings. The van der Waals surface area contributed by atoms with Gasteiger partial charge in [-0.15, -0.1) is 0 Å². The van der Waals surface area contributed by atoms with E-state index in [1.54, 1.807) is 24.3 Å². The molecule has 0 aliphatic heterocycles. The highest BCUT2D eigenvalue weighted by Gasteiger charge is 2.18. The Hall–Kier alpha value is -2.41. The molecule has 0 amide bonds. The summed E-state index contributed by atoms with van der Waals surface area (Å²) in [4.78, 5) is 10.0. The Labute approximate surface area is 122 Å². The molecule has 0 aliphatic carbocycles. The van der Waals surface area contributed by atoms with Crippen molar-refractivity contribution in [2.45, 2.75) is 10.6 Å². The van der Waals surface area contributed by atoms with Gasteiger partial charge in [0.15, 0.2) is 9.84 Å². The molecule has 0 atom stereocenters. The van der Waals surface area contributed by atoms with Gasteiger partial charge in [0.25, 0.3) is 5.69 Å². The van der Waals surface area contributed by atoms with Gasteiger partial charge in [-0.25, -0.2) is 8.42 Å². The second-order valence-electron chi connectivity index (χ2n) is 4.32. The fraction of sp³-hybridized carbons (Fsp3) is 0.143. The molecule has 110 valence electrons. The maximum absolute atomic E-state index is 12.3. The maximum Gasteiger partial charge on any atom is 0.269 e. The zero-order valence-electron chi connectivity index (χ0n) is 11.2. The van der Waals surface area contributed by atoms with Gasteiger partial charge in [-0.3, -0.25) is 10.1 Å². The summed E-state index contributed by atoms with van der Waals surface area (Å²) in [5.74, 6) is 0.262. The lowest BCUT2D eigenvalue weighted by Gasteiger charge is -2.09. The maximum atomic E-state index is 12.3. The zero-order valence-corrected chi connectivity index (χ0v) is 12.0. The van der Waals surface area contributed by atoms with E-state index in [4.69, 9.17) is 4.74 Å². The predicted octanol–water partition coefficient (Wildman–Crippen LogP) is 2.58. The summed E-state index contributed by atoms with van der Waals surface area (Å²) in [7, 11) is -2.12. The highest BCUT2D eigenvalue weighted by atomic mass is 32.2. The van der Waals surface area contributed by atoms with E-state index in [0.29, 0.717) is 11.3 Å². The van der Waals surface area contributed by atoms with E-state index in [2.05, 4.69) is 0 Å². The van der Waals surface area contributed by atoms with Crippen LogP contribution in [0, 0.1) is 10.1 Å². The van der Waals surface area contributed by atoms with Gasteiger partial charge in [-0.1, -0.05) is 18.2 Å². The predicted molar refractivity (Wildman–Crippen MR) is 77.0 cm³/mol. The minimum absolute atomic E-state index is 0.0407. The van der Waals surface area contributed by atoms with Crippen LogP contribution in [0.15, 0.2) is 53.4 Å². The number of nitrogens with zero attached hydrogens (tertiary/aromatic N) is 1. The first kappa shape index (κ1) is 15.0. The van der Waals surface area contributed by atoms with Crippen LogP contribution in [-0.4, -0.2) is 20.5 Å². The third-order valence-electron chi connectivity index (χ3n) is 2.94. The van der Waals surface area contributed by atoms with E-state index < -0.39 is 14.8 Å². The van der Waals surface area contributed by atoms with Crippen molar-refractivity contribution in [1.29, 1.82) is 0 Å². The molecule has 0 aromatic heterocycles. The molecule has 0 saturated carbocycles. The van der Waals surface area contributed by atoms with E-state index in [1.807, 2.05) is 0 Å². The minimum atomic E-state index is -3.59. The molecule has 2 rings (SSSR count). The molecule has 0 saturated heterocycles. The van der Waals surface area contributed by atoms with Crippen molar-refractivity contribution in [3.05, 3.63) is 64.2 Å². The van der Waals surface area contributed by atoms with Gasteiger partial charge < -0.3 is 4.74 Å². The van der Waals surface area contributed by atoms with Crippen LogP contribution in [0.3, 0.4) is 0 Å². The molecular formula is C14H13NO5S. The Morgan fingerprint density at radius 2 is 1.71 bits per heavy atom. The van der Waals surface area contributed by atoms with E-state index >= 15 is 0 Å². The van der Waals surface area contributed by atoms with Crippen molar-refractivity contribution in [3.8, 4) is 5.75 Å². The van der Waals surface area contributed by atoms with Crippen molar-refractivity contribution in [2.75, 3.05) is 7.11 Å². The number of benzene rings is 2. The van der Waals surface area contributed by atoms with Gasteiger partial charge in [-0.05, 0) is 18.2 Å². The largest absolute Gasteiger partial charge is 0.496 e. The summed E-state index contributed by atoms with van der Waals surface area (Å²) in [6.45, 7) is 0. The van der Waals surface area contributed by atoms with E-state index in [0.717, 1.165) is 0 Å². The molecule has 0 aliphatic rings. The summed E-state index contributed by atoms with van der Waals surface area (Å²) in [6, 6.07) is 11.7. The Bertz CT molecular complexity index is 753. The molecule has 0 spiro atoms. The van der Waals surface area contributed by atoms with Crippen LogP contribution in [0.1, 0.15) is 5.56 Å². The summed E-state index contributed by atoms with van der Waals surface area (Å²) in [5.41, 5.74) is 0.393. The van der Waals surface area contributed by atoms with E-state index in [-0.39, 0.29) is 16.3 Å². The van der Waals surface area contributed by atoms with Crippen molar-refractivity contribution in [3.63, 3.8) is 0 Å². The van der Waals surface area contributed by atoms with E-state index in [1.165, 1.54) is 31.4 Å². The quantitative estimate of drug-likeness (QED) is 0.626. The number of nitro benzene ring substituents is 1.